The summed E-state index contributed by atoms with van der Waals surface area (Å²) in [6, 6.07) is 0. The van der Waals surface area contributed by atoms with Gasteiger partial charge in [0, 0.05) is 19.0 Å². The SMILES string of the molecule is CNCCC1CCN(C(=O)C(C)C)C1. The van der Waals surface area contributed by atoms with Crippen LogP contribution < -0.4 is 5.32 Å². The van der Waals surface area contributed by atoms with E-state index >= 15 is 0 Å². The second kappa shape index (κ2) is 5.35. The van der Waals surface area contributed by atoms with Gasteiger partial charge < -0.3 is 10.2 Å². The van der Waals surface area contributed by atoms with E-state index in [2.05, 4.69) is 5.32 Å². The van der Waals surface area contributed by atoms with Gasteiger partial charge in [0.25, 0.3) is 0 Å². The Morgan fingerprint density at radius 2 is 2.29 bits per heavy atom. The molecule has 0 spiro atoms. The summed E-state index contributed by atoms with van der Waals surface area (Å²) in [7, 11) is 1.98. The molecule has 1 unspecified atom stereocenters. The first-order valence-electron chi connectivity index (χ1n) is 5.58. The highest BCUT2D eigenvalue weighted by Crippen LogP contribution is 2.20. The van der Waals surface area contributed by atoms with E-state index in [-0.39, 0.29) is 5.92 Å². The van der Waals surface area contributed by atoms with E-state index < -0.39 is 0 Å². The van der Waals surface area contributed by atoms with Crippen molar-refractivity contribution in [3.63, 3.8) is 0 Å². The van der Waals surface area contributed by atoms with Crippen molar-refractivity contribution in [2.45, 2.75) is 26.7 Å². The van der Waals surface area contributed by atoms with Crippen molar-refractivity contribution in [1.29, 1.82) is 0 Å². The minimum absolute atomic E-state index is 0.151. The van der Waals surface area contributed by atoms with Crippen LogP contribution in [0.1, 0.15) is 26.7 Å². The van der Waals surface area contributed by atoms with Gasteiger partial charge in [0.05, 0.1) is 0 Å². The number of nitrogens with zero attached hydrogens (tertiary/aromatic N) is 1. The molecule has 0 aromatic carbocycles. The van der Waals surface area contributed by atoms with Crippen molar-refractivity contribution in [2.24, 2.45) is 11.8 Å². The fourth-order valence-electron chi connectivity index (χ4n) is 1.98. The molecule has 1 fully saturated rings. The molecule has 0 bridgehead atoms. The molecule has 1 aliphatic heterocycles. The maximum atomic E-state index is 11.7. The van der Waals surface area contributed by atoms with Crippen molar-refractivity contribution in [3.05, 3.63) is 0 Å². The second-order valence-corrected chi connectivity index (χ2v) is 4.49. The van der Waals surface area contributed by atoms with Gasteiger partial charge in [-0.3, -0.25) is 4.79 Å². The number of rotatable bonds is 4. The Kier molecular flexibility index (Phi) is 4.39. The molecule has 1 atom stereocenters. The second-order valence-electron chi connectivity index (χ2n) is 4.49. The Hall–Kier alpha value is -0.570. The van der Waals surface area contributed by atoms with Crippen molar-refractivity contribution < 1.29 is 4.79 Å². The number of likely N-dealkylation sites (tertiary alicyclic amines) is 1. The monoisotopic (exact) mass is 198 g/mol. The minimum atomic E-state index is 0.151. The summed E-state index contributed by atoms with van der Waals surface area (Å²) in [4.78, 5) is 13.7. The topological polar surface area (TPSA) is 32.3 Å². The van der Waals surface area contributed by atoms with Crippen LogP contribution in [0.5, 0.6) is 0 Å². The van der Waals surface area contributed by atoms with Crippen LogP contribution in [-0.4, -0.2) is 37.5 Å². The Labute approximate surface area is 86.9 Å². The predicted octanol–water partition coefficient (Wildman–Crippen LogP) is 1.10. The highest BCUT2D eigenvalue weighted by molar-refractivity contribution is 5.78. The molecule has 0 saturated carbocycles. The molecule has 1 saturated heterocycles. The van der Waals surface area contributed by atoms with Crippen LogP contribution in [0.25, 0.3) is 0 Å². The van der Waals surface area contributed by atoms with Crippen molar-refractivity contribution in [2.75, 3.05) is 26.7 Å². The van der Waals surface area contributed by atoms with E-state index in [0.29, 0.717) is 11.8 Å². The number of hydrogen-bond acceptors (Lipinski definition) is 2. The highest BCUT2D eigenvalue weighted by Gasteiger charge is 2.26. The van der Waals surface area contributed by atoms with Crippen molar-refractivity contribution in [3.8, 4) is 0 Å². The predicted molar refractivity (Wildman–Crippen MR) is 58.1 cm³/mol. The average molecular weight is 198 g/mol. The normalized spacial score (nSPS) is 22.0. The number of amides is 1. The molecular formula is C11H22N2O. The molecule has 0 radical (unpaired) electrons. The van der Waals surface area contributed by atoms with Crippen LogP contribution in [0.2, 0.25) is 0 Å². The van der Waals surface area contributed by atoms with Crippen LogP contribution in [0.15, 0.2) is 0 Å². The molecule has 14 heavy (non-hydrogen) atoms. The maximum Gasteiger partial charge on any atom is 0.225 e. The minimum Gasteiger partial charge on any atom is -0.342 e. The smallest absolute Gasteiger partial charge is 0.225 e. The van der Waals surface area contributed by atoms with Crippen LogP contribution in [0, 0.1) is 11.8 Å². The summed E-state index contributed by atoms with van der Waals surface area (Å²) in [6.45, 7) is 6.95. The van der Waals surface area contributed by atoms with E-state index in [4.69, 9.17) is 0 Å². The van der Waals surface area contributed by atoms with E-state index in [1.165, 1.54) is 12.8 Å². The number of carbonyl (C=O) groups excluding carboxylic acids is 1. The first-order valence-corrected chi connectivity index (χ1v) is 5.58. The van der Waals surface area contributed by atoms with Gasteiger partial charge in [-0.15, -0.1) is 0 Å². The molecule has 0 aromatic rings. The van der Waals surface area contributed by atoms with Crippen LogP contribution in [0.4, 0.5) is 0 Å². The van der Waals surface area contributed by atoms with E-state index in [1.807, 2.05) is 25.8 Å². The van der Waals surface area contributed by atoms with Gasteiger partial charge in [0.15, 0.2) is 0 Å². The molecule has 1 amide bonds. The fourth-order valence-corrected chi connectivity index (χ4v) is 1.98. The third kappa shape index (κ3) is 2.98. The molecule has 1 N–H and O–H groups in total. The molecule has 1 heterocycles. The molecule has 0 aromatic heterocycles. The lowest BCUT2D eigenvalue weighted by molar-refractivity contribution is -0.133. The highest BCUT2D eigenvalue weighted by atomic mass is 16.2. The summed E-state index contributed by atoms with van der Waals surface area (Å²) in [5, 5.41) is 3.16. The van der Waals surface area contributed by atoms with Gasteiger partial charge in [0.2, 0.25) is 5.91 Å². The van der Waals surface area contributed by atoms with Crippen molar-refractivity contribution in [1.82, 2.24) is 10.2 Å². The number of hydrogen-bond donors (Lipinski definition) is 1. The van der Waals surface area contributed by atoms with Gasteiger partial charge in [-0.1, -0.05) is 13.8 Å². The average Bonchev–Trinajstić information content (AvgIpc) is 2.61. The summed E-state index contributed by atoms with van der Waals surface area (Å²) >= 11 is 0. The lowest BCUT2D eigenvalue weighted by atomic mass is 10.1. The lowest BCUT2D eigenvalue weighted by Crippen LogP contribution is -2.32. The molecule has 1 rings (SSSR count). The van der Waals surface area contributed by atoms with Crippen LogP contribution in [-0.2, 0) is 4.79 Å². The summed E-state index contributed by atoms with van der Waals surface area (Å²) in [5.41, 5.74) is 0. The number of nitrogens with one attached hydrogen (secondary N) is 1. The first-order chi connectivity index (χ1) is 6.65. The van der Waals surface area contributed by atoms with Gasteiger partial charge in [-0.2, -0.15) is 0 Å². The molecular weight excluding hydrogens is 176 g/mol. The number of carbonyl (C=O) groups is 1. The Balaban J connectivity index is 2.30. The fraction of sp³-hybridized carbons (Fsp3) is 0.909. The summed E-state index contributed by atoms with van der Waals surface area (Å²) in [6.07, 6.45) is 2.37. The Morgan fingerprint density at radius 1 is 1.57 bits per heavy atom. The van der Waals surface area contributed by atoms with Gasteiger partial charge in [0.1, 0.15) is 0 Å². The van der Waals surface area contributed by atoms with E-state index in [9.17, 15) is 4.79 Å². The van der Waals surface area contributed by atoms with E-state index in [1.54, 1.807) is 0 Å². The molecule has 3 nitrogen and oxygen atoms in total. The maximum absolute atomic E-state index is 11.7. The molecule has 3 heteroatoms. The standard InChI is InChI=1S/C11H22N2O/c1-9(2)11(14)13-7-5-10(8-13)4-6-12-3/h9-10,12H,4-8H2,1-3H3. The molecule has 0 aliphatic carbocycles. The van der Waals surface area contributed by atoms with Crippen LogP contribution in [0.3, 0.4) is 0 Å². The zero-order valence-corrected chi connectivity index (χ0v) is 9.55. The summed E-state index contributed by atoms with van der Waals surface area (Å²) < 4.78 is 0. The van der Waals surface area contributed by atoms with Crippen LogP contribution >= 0.6 is 0 Å². The quantitative estimate of drug-likeness (QED) is 0.733. The molecule has 1 aliphatic rings. The van der Waals surface area contributed by atoms with Gasteiger partial charge >= 0.3 is 0 Å². The Morgan fingerprint density at radius 3 is 2.86 bits per heavy atom. The van der Waals surface area contributed by atoms with E-state index in [0.717, 1.165) is 19.6 Å². The summed E-state index contributed by atoms with van der Waals surface area (Å²) in [5.74, 6) is 1.18. The van der Waals surface area contributed by atoms with Gasteiger partial charge in [-0.25, -0.2) is 0 Å². The zero-order valence-electron chi connectivity index (χ0n) is 9.55. The molecule has 82 valence electrons. The Bertz CT molecular complexity index is 192. The zero-order chi connectivity index (χ0) is 10.6. The largest absolute Gasteiger partial charge is 0.342 e. The van der Waals surface area contributed by atoms with Crippen molar-refractivity contribution >= 4 is 5.91 Å². The lowest BCUT2D eigenvalue weighted by Gasteiger charge is -2.18. The third-order valence-corrected chi connectivity index (χ3v) is 2.89. The first kappa shape index (κ1) is 11.5. The third-order valence-electron chi connectivity index (χ3n) is 2.89. The van der Waals surface area contributed by atoms with Gasteiger partial charge in [-0.05, 0) is 32.4 Å².